The first-order chi connectivity index (χ1) is 14.5. The van der Waals surface area contributed by atoms with Gasteiger partial charge >= 0.3 is 11.8 Å². The third-order valence-electron chi connectivity index (χ3n) is 5.66. The molecule has 0 saturated carbocycles. The van der Waals surface area contributed by atoms with Gasteiger partial charge in [0.1, 0.15) is 0 Å². The average Bonchev–Trinajstić information content (AvgIpc) is 2.74. The number of benzene rings is 1. The van der Waals surface area contributed by atoms with Crippen LogP contribution in [0.15, 0.2) is 24.3 Å². The monoisotopic (exact) mass is 415 g/mol. The normalized spacial score (nSPS) is 19.8. The lowest BCUT2D eigenvalue weighted by Gasteiger charge is -2.30. The van der Waals surface area contributed by atoms with Gasteiger partial charge in [0.2, 0.25) is 5.91 Å². The van der Waals surface area contributed by atoms with Crippen LogP contribution < -0.4 is 20.9 Å². The molecule has 0 aliphatic carbocycles. The minimum atomic E-state index is -0.662. The molecule has 2 saturated heterocycles. The van der Waals surface area contributed by atoms with Gasteiger partial charge in [0.25, 0.3) is 0 Å². The van der Waals surface area contributed by atoms with Crippen molar-refractivity contribution in [2.24, 2.45) is 5.92 Å². The molecule has 1 aromatic rings. The summed E-state index contributed by atoms with van der Waals surface area (Å²) < 4.78 is 0. The van der Waals surface area contributed by atoms with Gasteiger partial charge in [-0.25, -0.2) is 0 Å². The van der Waals surface area contributed by atoms with Crippen molar-refractivity contribution in [3.8, 4) is 0 Å². The van der Waals surface area contributed by atoms with Gasteiger partial charge in [-0.3, -0.25) is 14.4 Å². The summed E-state index contributed by atoms with van der Waals surface area (Å²) in [5, 5.41) is 8.11. The third-order valence-corrected chi connectivity index (χ3v) is 5.66. The van der Waals surface area contributed by atoms with Crippen molar-refractivity contribution in [3.63, 3.8) is 0 Å². The lowest BCUT2D eigenvalue weighted by atomic mass is 10.0. The number of carbonyl (C=O) groups is 3. The molecule has 3 amide bonds. The fourth-order valence-corrected chi connectivity index (χ4v) is 4.03. The highest BCUT2D eigenvalue weighted by Gasteiger charge is 2.18. The number of piperidine rings is 1. The Labute approximate surface area is 178 Å². The van der Waals surface area contributed by atoms with Crippen molar-refractivity contribution in [1.82, 2.24) is 15.5 Å². The Morgan fingerprint density at radius 3 is 2.67 bits per heavy atom. The van der Waals surface area contributed by atoms with Crippen molar-refractivity contribution in [2.75, 3.05) is 56.0 Å². The molecule has 1 atom stereocenters. The predicted octanol–water partition coefficient (Wildman–Crippen LogP) is 1.19. The molecule has 0 aromatic heterocycles. The Hall–Kier alpha value is -2.61. The second-order valence-corrected chi connectivity index (χ2v) is 8.28. The van der Waals surface area contributed by atoms with Crippen molar-refractivity contribution in [3.05, 3.63) is 24.3 Å². The van der Waals surface area contributed by atoms with Gasteiger partial charge in [-0.15, -0.1) is 0 Å². The summed E-state index contributed by atoms with van der Waals surface area (Å²) >= 11 is 0. The van der Waals surface area contributed by atoms with E-state index in [-0.39, 0.29) is 5.91 Å². The number of amides is 3. The highest BCUT2D eigenvalue weighted by molar-refractivity contribution is 6.39. The topological polar surface area (TPSA) is 93.8 Å². The number of hydrogen-bond donors (Lipinski definition) is 3. The number of carbonyl (C=O) groups excluding carboxylic acids is 3. The molecule has 2 aliphatic heterocycles. The molecular formula is C22H33N5O3. The Bertz CT molecular complexity index is 737. The zero-order valence-electron chi connectivity index (χ0n) is 17.8. The van der Waals surface area contributed by atoms with Gasteiger partial charge in [-0.1, -0.05) is 6.92 Å². The predicted molar refractivity (Wildman–Crippen MR) is 117 cm³/mol. The van der Waals surface area contributed by atoms with Crippen molar-refractivity contribution < 1.29 is 14.4 Å². The molecule has 30 heavy (non-hydrogen) atoms. The average molecular weight is 416 g/mol. The molecule has 8 nitrogen and oxygen atoms in total. The van der Waals surface area contributed by atoms with Crippen LogP contribution in [-0.2, 0) is 14.4 Å². The van der Waals surface area contributed by atoms with Crippen LogP contribution in [0.2, 0.25) is 0 Å². The maximum Gasteiger partial charge on any atom is 0.313 e. The van der Waals surface area contributed by atoms with E-state index in [0.29, 0.717) is 25.3 Å². The van der Waals surface area contributed by atoms with Crippen LogP contribution in [0.3, 0.4) is 0 Å². The molecule has 2 fully saturated rings. The van der Waals surface area contributed by atoms with E-state index in [0.717, 1.165) is 37.5 Å². The zero-order chi connectivity index (χ0) is 21.3. The number of nitrogens with one attached hydrogen (secondary N) is 3. The quantitative estimate of drug-likeness (QED) is 0.459. The second kappa shape index (κ2) is 11.0. The number of piperazine rings is 1. The molecule has 1 unspecified atom stereocenters. The number of unbranched alkanes of at least 4 members (excludes halogenated alkanes) is 1. The van der Waals surface area contributed by atoms with E-state index in [9.17, 15) is 14.4 Å². The minimum Gasteiger partial charge on any atom is -0.360 e. The highest BCUT2D eigenvalue weighted by atomic mass is 16.2. The Morgan fingerprint density at radius 2 is 1.93 bits per heavy atom. The molecule has 0 spiro atoms. The Morgan fingerprint density at radius 1 is 1.13 bits per heavy atom. The van der Waals surface area contributed by atoms with Crippen LogP contribution in [0, 0.1) is 5.92 Å². The number of hydrogen-bond acceptors (Lipinski definition) is 5. The van der Waals surface area contributed by atoms with E-state index < -0.39 is 11.8 Å². The first kappa shape index (κ1) is 22.1. The van der Waals surface area contributed by atoms with Crippen LogP contribution in [-0.4, -0.2) is 68.4 Å². The standard InChI is InChI=1S/C22H33N5O3/c1-17-5-4-13-26(15-17)12-3-2-10-24-21(29)22(30)25-18-6-8-19(9-7-18)27-14-11-23-20(28)16-27/h6-9,17H,2-5,10-16H2,1H3,(H,23,28)(H,24,29)(H,25,30). The van der Waals surface area contributed by atoms with Crippen LogP contribution in [0.5, 0.6) is 0 Å². The first-order valence-corrected chi connectivity index (χ1v) is 10.9. The molecule has 3 N–H and O–H groups in total. The summed E-state index contributed by atoms with van der Waals surface area (Å²) in [7, 11) is 0. The molecule has 0 radical (unpaired) electrons. The number of anilines is 2. The summed E-state index contributed by atoms with van der Waals surface area (Å²) in [5.74, 6) is -0.500. The maximum atomic E-state index is 12.1. The largest absolute Gasteiger partial charge is 0.360 e. The fourth-order valence-electron chi connectivity index (χ4n) is 4.03. The molecule has 164 valence electrons. The van der Waals surface area contributed by atoms with Gasteiger partial charge in [0.05, 0.1) is 6.54 Å². The van der Waals surface area contributed by atoms with Crippen molar-refractivity contribution in [2.45, 2.75) is 32.6 Å². The lowest BCUT2D eigenvalue weighted by Crippen LogP contribution is -2.47. The summed E-state index contributed by atoms with van der Waals surface area (Å²) in [6.45, 7) is 7.88. The molecule has 1 aromatic carbocycles. The number of rotatable bonds is 7. The highest BCUT2D eigenvalue weighted by Crippen LogP contribution is 2.18. The van der Waals surface area contributed by atoms with Crippen LogP contribution in [0.25, 0.3) is 0 Å². The molecule has 3 rings (SSSR count). The van der Waals surface area contributed by atoms with E-state index in [1.807, 2.05) is 17.0 Å². The van der Waals surface area contributed by atoms with Crippen LogP contribution >= 0.6 is 0 Å². The smallest absolute Gasteiger partial charge is 0.313 e. The SMILES string of the molecule is CC1CCCN(CCCCNC(=O)C(=O)Nc2ccc(N3CCNC(=O)C3)cc2)C1. The molecule has 0 bridgehead atoms. The van der Waals surface area contributed by atoms with Crippen molar-refractivity contribution in [1.29, 1.82) is 0 Å². The third kappa shape index (κ3) is 6.73. The lowest BCUT2D eigenvalue weighted by molar-refractivity contribution is -0.136. The van der Waals surface area contributed by atoms with Gasteiger partial charge in [0.15, 0.2) is 0 Å². The Balaban J connectivity index is 1.33. The fraction of sp³-hybridized carbons (Fsp3) is 0.591. The van der Waals surface area contributed by atoms with E-state index in [1.165, 1.54) is 25.9 Å². The number of likely N-dealkylation sites (tertiary alicyclic amines) is 1. The molecule has 2 aliphatic rings. The van der Waals surface area contributed by atoms with E-state index >= 15 is 0 Å². The summed E-state index contributed by atoms with van der Waals surface area (Å²) in [4.78, 5) is 40.1. The first-order valence-electron chi connectivity index (χ1n) is 10.9. The minimum absolute atomic E-state index is 0.000729. The second-order valence-electron chi connectivity index (χ2n) is 8.28. The van der Waals surface area contributed by atoms with E-state index in [2.05, 4.69) is 27.8 Å². The van der Waals surface area contributed by atoms with E-state index in [4.69, 9.17) is 0 Å². The maximum absolute atomic E-state index is 12.1. The van der Waals surface area contributed by atoms with Crippen molar-refractivity contribution >= 4 is 29.1 Å². The zero-order valence-corrected chi connectivity index (χ0v) is 17.8. The molecule has 2 heterocycles. The van der Waals surface area contributed by atoms with Gasteiger partial charge in [-0.05, 0) is 69.0 Å². The Kier molecular flexibility index (Phi) is 8.07. The summed E-state index contributed by atoms with van der Waals surface area (Å²) in [5.41, 5.74) is 1.47. The van der Waals surface area contributed by atoms with E-state index in [1.54, 1.807) is 12.1 Å². The number of nitrogens with zero attached hydrogens (tertiary/aromatic N) is 2. The summed E-state index contributed by atoms with van der Waals surface area (Å²) in [6, 6.07) is 7.17. The van der Waals surface area contributed by atoms with Gasteiger partial charge in [0, 0.05) is 37.6 Å². The van der Waals surface area contributed by atoms with Gasteiger partial charge in [-0.2, -0.15) is 0 Å². The van der Waals surface area contributed by atoms with Crippen LogP contribution in [0.1, 0.15) is 32.6 Å². The van der Waals surface area contributed by atoms with Crippen LogP contribution in [0.4, 0.5) is 11.4 Å². The molecular weight excluding hydrogens is 382 g/mol. The molecule has 8 heteroatoms. The van der Waals surface area contributed by atoms with Gasteiger partial charge < -0.3 is 25.8 Å². The summed E-state index contributed by atoms with van der Waals surface area (Å²) in [6.07, 6.45) is 4.47.